The summed E-state index contributed by atoms with van der Waals surface area (Å²) < 4.78 is 24.6. The first-order valence-corrected chi connectivity index (χ1v) is 10.4. The number of unbranched alkanes of at least 4 members (excludes halogenated alkanes) is 11. The van der Waals surface area contributed by atoms with Crippen molar-refractivity contribution in [2.75, 3.05) is 6.54 Å². The van der Waals surface area contributed by atoms with E-state index in [2.05, 4.69) is 6.92 Å². The standard InChI is InChI=1S/C17H33NO4S.Na/c1-2-3-4-5-6-7-8-9-10-11-12-13-14-15-23(21,22)18-16-17(19)20;/h14-15,18H,2-13,16H2,1H3,(H,19,20);/q;+1/p-1/b15-14+;. The third-order valence-electron chi connectivity index (χ3n) is 3.67. The van der Waals surface area contributed by atoms with Gasteiger partial charge in [0.25, 0.3) is 0 Å². The number of sulfonamides is 1. The molecule has 136 valence electrons. The molecule has 0 unspecified atom stereocenters. The average Bonchev–Trinajstić information content (AvgIpc) is 2.50. The fraction of sp³-hybridized carbons (Fsp3) is 0.824. The molecule has 0 fully saturated rings. The number of nitrogens with one attached hydrogen (secondary N) is 1. The van der Waals surface area contributed by atoms with Crippen molar-refractivity contribution in [1.82, 2.24) is 4.72 Å². The first-order valence-electron chi connectivity index (χ1n) is 8.84. The first kappa shape index (κ1) is 26.4. The molecule has 0 aromatic heterocycles. The Morgan fingerprint density at radius 1 is 0.917 bits per heavy atom. The van der Waals surface area contributed by atoms with Crippen LogP contribution in [-0.4, -0.2) is 20.9 Å². The van der Waals surface area contributed by atoms with Gasteiger partial charge in [-0.05, 0) is 12.8 Å². The summed E-state index contributed by atoms with van der Waals surface area (Å²) in [6.45, 7) is 1.54. The molecule has 0 rings (SSSR count). The molecule has 1 N–H and O–H groups in total. The van der Waals surface area contributed by atoms with Gasteiger partial charge in [-0.25, -0.2) is 13.1 Å². The van der Waals surface area contributed by atoms with Crippen molar-refractivity contribution in [2.45, 2.75) is 84.0 Å². The van der Waals surface area contributed by atoms with E-state index in [9.17, 15) is 18.3 Å². The van der Waals surface area contributed by atoms with E-state index in [-0.39, 0.29) is 29.6 Å². The Labute approximate surface area is 170 Å². The third kappa shape index (κ3) is 20.2. The first-order chi connectivity index (χ1) is 11.0. The number of hydrogen-bond donors (Lipinski definition) is 1. The topological polar surface area (TPSA) is 86.3 Å². The molecule has 0 aliphatic heterocycles. The third-order valence-corrected chi connectivity index (χ3v) is 4.76. The second-order valence-electron chi connectivity index (χ2n) is 5.93. The maximum absolute atomic E-state index is 11.3. The Bertz CT molecular complexity index is 424. The normalized spacial score (nSPS) is 11.5. The van der Waals surface area contributed by atoms with Gasteiger partial charge in [0.1, 0.15) is 0 Å². The molecule has 0 atom stereocenters. The Morgan fingerprint density at radius 2 is 1.38 bits per heavy atom. The maximum Gasteiger partial charge on any atom is 1.00 e. The summed E-state index contributed by atoms with van der Waals surface area (Å²) in [7, 11) is -3.64. The molecule has 0 saturated heterocycles. The van der Waals surface area contributed by atoms with Crippen molar-refractivity contribution in [3.63, 3.8) is 0 Å². The van der Waals surface area contributed by atoms with Crippen LogP contribution in [0.3, 0.4) is 0 Å². The van der Waals surface area contributed by atoms with Crippen molar-refractivity contribution >= 4 is 16.0 Å². The van der Waals surface area contributed by atoms with Crippen LogP contribution in [-0.2, 0) is 14.8 Å². The number of carbonyl (C=O) groups is 1. The molecule has 7 heteroatoms. The Balaban J connectivity index is 0. The summed E-state index contributed by atoms with van der Waals surface area (Å²) in [6.07, 6.45) is 16.1. The van der Waals surface area contributed by atoms with Crippen LogP contribution < -0.4 is 39.4 Å². The summed E-state index contributed by atoms with van der Waals surface area (Å²) in [5.74, 6) is -1.44. The minimum atomic E-state index is -3.64. The van der Waals surface area contributed by atoms with Gasteiger partial charge in [-0.15, -0.1) is 0 Å². The molecule has 5 nitrogen and oxygen atoms in total. The minimum absolute atomic E-state index is 0. The number of hydrogen-bond acceptors (Lipinski definition) is 4. The van der Waals surface area contributed by atoms with E-state index in [1.54, 1.807) is 6.08 Å². The molecule has 0 saturated carbocycles. The SMILES string of the molecule is CCCCCCCCCCCCC/C=C/S(=O)(=O)NCC(=O)[O-].[Na+]. The van der Waals surface area contributed by atoms with Crippen molar-refractivity contribution < 1.29 is 47.9 Å². The van der Waals surface area contributed by atoms with Gasteiger partial charge in [-0.1, -0.05) is 77.2 Å². The summed E-state index contributed by atoms with van der Waals surface area (Å²) in [4.78, 5) is 10.2. The molecule has 0 aliphatic carbocycles. The van der Waals surface area contributed by atoms with Crippen molar-refractivity contribution in [1.29, 1.82) is 0 Å². The van der Waals surface area contributed by atoms with Gasteiger partial charge in [-0.3, -0.25) is 0 Å². The molecule has 24 heavy (non-hydrogen) atoms. The number of carbonyl (C=O) groups excluding carboxylic acids is 1. The van der Waals surface area contributed by atoms with Gasteiger partial charge >= 0.3 is 29.6 Å². The van der Waals surface area contributed by atoms with Crippen LogP contribution in [0.4, 0.5) is 0 Å². The van der Waals surface area contributed by atoms with Gasteiger partial charge in [0.05, 0.1) is 12.5 Å². The zero-order valence-corrected chi connectivity index (χ0v) is 18.2. The van der Waals surface area contributed by atoms with Gasteiger partial charge in [0.15, 0.2) is 0 Å². The van der Waals surface area contributed by atoms with E-state index in [0.717, 1.165) is 18.2 Å². The van der Waals surface area contributed by atoms with Crippen molar-refractivity contribution in [3.8, 4) is 0 Å². The summed E-state index contributed by atoms with van der Waals surface area (Å²) in [6, 6.07) is 0. The monoisotopic (exact) mass is 369 g/mol. The smallest absolute Gasteiger partial charge is 0.549 e. The van der Waals surface area contributed by atoms with E-state index >= 15 is 0 Å². The molecule has 0 aliphatic rings. The van der Waals surface area contributed by atoms with Crippen LogP contribution >= 0.6 is 0 Å². The number of aliphatic carboxylic acids is 1. The Morgan fingerprint density at radius 3 is 1.83 bits per heavy atom. The summed E-state index contributed by atoms with van der Waals surface area (Å²) >= 11 is 0. The fourth-order valence-corrected chi connectivity index (χ4v) is 3.13. The van der Waals surface area contributed by atoms with Crippen LogP contribution in [0.15, 0.2) is 11.5 Å². The van der Waals surface area contributed by atoms with Gasteiger partial charge in [-0.2, -0.15) is 0 Å². The van der Waals surface area contributed by atoms with E-state index in [0.29, 0.717) is 6.42 Å². The predicted octanol–water partition coefficient (Wildman–Crippen LogP) is -0.125. The number of carboxylic acids is 1. The number of rotatable bonds is 16. The summed E-state index contributed by atoms with van der Waals surface area (Å²) in [5, 5.41) is 11.2. The van der Waals surface area contributed by atoms with E-state index < -0.39 is 22.5 Å². The maximum atomic E-state index is 11.3. The zero-order chi connectivity index (χ0) is 17.4. The molecular weight excluding hydrogens is 337 g/mol. The molecule has 0 spiro atoms. The van der Waals surface area contributed by atoms with E-state index in [4.69, 9.17) is 0 Å². The zero-order valence-electron chi connectivity index (χ0n) is 15.4. The molecule has 0 radical (unpaired) electrons. The van der Waals surface area contributed by atoms with Crippen LogP contribution in [0.1, 0.15) is 84.0 Å². The second kappa shape index (κ2) is 17.9. The number of carboxylic acid groups (broad SMARTS) is 1. The van der Waals surface area contributed by atoms with Crippen LogP contribution in [0.2, 0.25) is 0 Å². The van der Waals surface area contributed by atoms with Gasteiger partial charge in [0.2, 0.25) is 10.0 Å². The van der Waals surface area contributed by atoms with Crippen molar-refractivity contribution in [2.24, 2.45) is 0 Å². The van der Waals surface area contributed by atoms with E-state index in [1.165, 1.54) is 57.8 Å². The molecule has 0 amide bonds. The molecule has 0 aromatic rings. The average molecular weight is 370 g/mol. The Kier molecular flexibility index (Phi) is 19.7. The van der Waals surface area contributed by atoms with Gasteiger partial charge in [0, 0.05) is 5.41 Å². The predicted molar refractivity (Wildman–Crippen MR) is 92.1 cm³/mol. The van der Waals surface area contributed by atoms with Crippen molar-refractivity contribution in [3.05, 3.63) is 11.5 Å². The van der Waals surface area contributed by atoms with Gasteiger partial charge < -0.3 is 9.90 Å². The van der Waals surface area contributed by atoms with Crippen LogP contribution in [0.25, 0.3) is 0 Å². The summed E-state index contributed by atoms with van der Waals surface area (Å²) in [5.41, 5.74) is 0. The van der Waals surface area contributed by atoms with Crippen LogP contribution in [0.5, 0.6) is 0 Å². The number of allylic oxidation sites excluding steroid dienone is 1. The Hall–Kier alpha value is 0.120. The molecule has 0 heterocycles. The van der Waals surface area contributed by atoms with Crippen LogP contribution in [0, 0.1) is 0 Å². The van der Waals surface area contributed by atoms with E-state index in [1.807, 2.05) is 4.72 Å². The fourth-order valence-electron chi connectivity index (χ4n) is 2.33. The minimum Gasteiger partial charge on any atom is -0.549 e. The molecule has 0 aromatic carbocycles. The quantitative estimate of drug-likeness (QED) is 0.303. The second-order valence-corrected chi connectivity index (χ2v) is 7.58. The largest absolute Gasteiger partial charge is 1.00 e. The molecule has 0 bridgehead atoms. The molecular formula is C17H32NNaO4S.